The summed E-state index contributed by atoms with van der Waals surface area (Å²) in [6, 6.07) is 1.29. The van der Waals surface area contributed by atoms with E-state index in [4.69, 9.17) is 15.2 Å². The molecule has 2 fully saturated rings. The molecule has 458 valence electrons. The van der Waals surface area contributed by atoms with Crippen LogP contribution in [0.15, 0.2) is 30.3 Å². The summed E-state index contributed by atoms with van der Waals surface area (Å²) in [7, 11) is 2.78. The third-order valence-electron chi connectivity index (χ3n) is 14.0. The highest BCUT2D eigenvalue weighted by molar-refractivity contribution is 5.96. The molecule has 2 aliphatic heterocycles. The fraction of sp³-hybridized carbons (Fsp3) is 0.673. The van der Waals surface area contributed by atoms with Crippen molar-refractivity contribution in [1.82, 2.24) is 56.0 Å². The molecule has 0 bridgehead atoms. The van der Waals surface area contributed by atoms with E-state index in [9.17, 15) is 62.6 Å². The minimum absolute atomic E-state index is 0.00102. The van der Waals surface area contributed by atoms with Crippen LogP contribution in [0, 0.1) is 11.8 Å². The van der Waals surface area contributed by atoms with Gasteiger partial charge in [-0.15, -0.1) is 0 Å². The van der Waals surface area contributed by atoms with Gasteiger partial charge in [0.1, 0.15) is 48.5 Å². The number of alkyl carbamates (subject to hydrolysis) is 2. The molecule has 2 heterocycles. The van der Waals surface area contributed by atoms with Gasteiger partial charge in [0.15, 0.2) is 0 Å². The van der Waals surface area contributed by atoms with Gasteiger partial charge in [0.2, 0.25) is 53.2 Å². The van der Waals surface area contributed by atoms with Gasteiger partial charge in [0.25, 0.3) is 0 Å². The van der Waals surface area contributed by atoms with Gasteiger partial charge in [-0.1, -0.05) is 58.0 Å². The Kier molecular flexibility index (Phi) is 27.4. The van der Waals surface area contributed by atoms with Crippen molar-refractivity contribution in [1.29, 1.82) is 0 Å². The number of carboxylic acid groups (broad SMARTS) is 1. The molecule has 0 aromatic heterocycles. The number of nitrogens with one attached hydrogen (secondary N) is 5. The Morgan fingerprint density at radius 2 is 1.10 bits per heavy atom. The van der Waals surface area contributed by atoms with Gasteiger partial charge in [-0.05, 0) is 90.5 Å². The first-order valence-corrected chi connectivity index (χ1v) is 28.0. The molecule has 6 atom stereocenters. The lowest BCUT2D eigenvalue weighted by atomic mass is 9.99. The summed E-state index contributed by atoms with van der Waals surface area (Å²) >= 11 is 0. The molecule has 82 heavy (non-hydrogen) atoms. The Labute approximate surface area is 480 Å². The second-order valence-corrected chi connectivity index (χ2v) is 22.0. The highest BCUT2D eigenvalue weighted by atomic mass is 16.6. The number of hydrogen-bond acceptors (Lipinski definition) is 15. The second-order valence-electron chi connectivity index (χ2n) is 22.0. The number of rotatable bonds is 27. The predicted molar refractivity (Wildman–Crippen MR) is 298 cm³/mol. The lowest BCUT2D eigenvalue weighted by Crippen LogP contribution is -2.61. The smallest absolute Gasteiger partial charge is 0.408 e. The van der Waals surface area contributed by atoms with Crippen molar-refractivity contribution < 1.29 is 72.1 Å². The van der Waals surface area contributed by atoms with Crippen LogP contribution in [0.1, 0.15) is 106 Å². The summed E-state index contributed by atoms with van der Waals surface area (Å²) in [5, 5.41) is 22.8. The minimum atomic E-state index is -1.48. The summed E-state index contributed by atoms with van der Waals surface area (Å²) in [5.74, 6) is -8.12. The Morgan fingerprint density at radius 1 is 0.646 bits per heavy atom. The standard InChI is InChI=1S/C55H88N12O15/c1-12-64(41(68)27-56)31-43(70)62(10)45(34(3)4)49(74)58-29-38(61-54(80)82-55(7,8)9)50(75)66-25-19-17-23-39(66)47(72)59-30-42(69)65(13-2)32-44(71)63(11)46(35(5)6)48(73)57-28-37(51(76)67-26-20-18-24-40(67)52(77)78)60-53(79)81-33-36-21-15-14-16-22-36/h14-16,21-22,34-35,37-40,45-46H,12-13,17-20,23-33,56H2,1-11H3,(H,57,73)(H,58,74)(H,59,72)(H,60,79)(H,61,80)(H,77,78)/t37-,38-,39+,40+,45+,46+/m1/s1. The third-order valence-corrected chi connectivity index (χ3v) is 14.0. The predicted octanol–water partition coefficient (Wildman–Crippen LogP) is -0.00820. The van der Waals surface area contributed by atoms with Gasteiger partial charge >= 0.3 is 18.2 Å². The van der Waals surface area contributed by atoms with E-state index in [1.807, 2.05) is 0 Å². The molecule has 3 rings (SSSR count). The molecular weight excluding hydrogens is 1070 g/mol. The van der Waals surface area contributed by atoms with Gasteiger partial charge in [-0.3, -0.25) is 43.2 Å². The Bertz CT molecular complexity index is 2400. The van der Waals surface area contributed by atoms with Crippen LogP contribution in [0.3, 0.4) is 0 Å². The van der Waals surface area contributed by atoms with Crippen molar-refractivity contribution in [2.45, 2.75) is 149 Å². The summed E-state index contributed by atoms with van der Waals surface area (Å²) in [6.45, 7) is 12.4. The molecular formula is C55H88N12O15. The zero-order valence-electron chi connectivity index (χ0n) is 49.4. The van der Waals surface area contributed by atoms with Crippen molar-refractivity contribution in [3.05, 3.63) is 35.9 Å². The first-order chi connectivity index (χ1) is 38.6. The zero-order chi connectivity index (χ0) is 61.6. The SMILES string of the molecule is CCN(CC(=O)N(C)[C@H](C(=O)NC[C@@H](NC(=O)OC(C)(C)C)C(=O)N1CCCC[C@H]1C(=O)NCC(=O)N(CC)CC(=O)N(C)[C@H](C(=O)NC[C@@H](NC(=O)OCc1ccccc1)C(=O)N1CCCC[C@H]1C(=O)O)C(C)C)C(C)C)C(=O)CN. The molecule has 8 N–H and O–H groups in total. The molecule has 11 amide bonds. The van der Waals surface area contributed by atoms with Crippen molar-refractivity contribution >= 4 is 71.3 Å². The second kappa shape index (κ2) is 32.8. The molecule has 0 unspecified atom stereocenters. The fourth-order valence-corrected chi connectivity index (χ4v) is 9.68. The summed E-state index contributed by atoms with van der Waals surface area (Å²) in [5.41, 5.74) is 5.19. The van der Waals surface area contributed by atoms with Crippen LogP contribution in [-0.4, -0.2) is 227 Å². The number of nitrogens with zero attached hydrogens (tertiary/aromatic N) is 6. The third kappa shape index (κ3) is 20.8. The maximum absolute atomic E-state index is 14.5. The Morgan fingerprint density at radius 3 is 1.54 bits per heavy atom. The molecule has 0 saturated carbocycles. The van der Waals surface area contributed by atoms with E-state index in [0.29, 0.717) is 31.2 Å². The van der Waals surface area contributed by atoms with Crippen LogP contribution in [-0.2, 0) is 64.0 Å². The van der Waals surface area contributed by atoms with E-state index >= 15 is 0 Å². The summed E-state index contributed by atoms with van der Waals surface area (Å²) in [6.07, 6.45) is 0.472. The van der Waals surface area contributed by atoms with Crippen LogP contribution in [0.5, 0.6) is 0 Å². The number of carboxylic acids is 1. The van der Waals surface area contributed by atoms with Crippen molar-refractivity contribution in [2.75, 3.05) is 79.5 Å². The van der Waals surface area contributed by atoms with Crippen molar-refractivity contribution in [2.24, 2.45) is 17.6 Å². The average Bonchev–Trinajstić information content (AvgIpc) is 3.43. The largest absolute Gasteiger partial charge is 0.480 e. The topological polar surface area (TPSA) is 349 Å². The molecule has 1 aromatic carbocycles. The monoisotopic (exact) mass is 1160 g/mol. The van der Waals surface area contributed by atoms with Gasteiger partial charge in [0.05, 0.1) is 26.2 Å². The first kappa shape index (κ1) is 68.7. The number of ether oxygens (including phenoxy) is 2. The number of aliphatic carboxylic acids is 1. The Hall–Kier alpha value is -7.58. The number of hydrogen-bond donors (Lipinski definition) is 7. The molecule has 27 heteroatoms. The molecule has 0 radical (unpaired) electrons. The molecule has 2 aliphatic rings. The van der Waals surface area contributed by atoms with E-state index in [1.165, 1.54) is 28.8 Å². The summed E-state index contributed by atoms with van der Waals surface area (Å²) in [4.78, 5) is 169. The molecule has 27 nitrogen and oxygen atoms in total. The number of carbonyl (C=O) groups excluding carboxylic acids is 11. The fourth-order valence-electron chi connectivity index (χ4n) is 9.68. The normalized spacial score (nSPS) is 16.7. The highest BCUT2D eigenvalue weighted by Gasteiger charge is 2.41. The van der Waals surface area contributed by atoms with Crippen molar-refractivity contribution in [3.63, 3.8) is 0 Å². The highest BCUT2D eigenvalue weighted by Crippen LogP contribution is 2.21. The van der Waals surface area contributed by atoms with Gasteiger partial charge in [-0.25, -0.2) is 14.4 Å². The Balaban J connectivity index is 1.74. The number of benzene rings is 1. The van der Waals surface area contributed by atoms with Crippen LogP contribution >= 0.6 is 0 Å². The maximum atomic E-state index is 14.5. The number of amides is 11. The van der Waals surface area contributed by atoms with Gasteiger partial charge in [0, 0.05) is 53.4 Å². The molecule has 0 spiro atoms. The van der Waals surface area contributed by atoms with E-state index in [0.717, 1.165) is 14.7 Å². The van der Waals surface area contributed by atoms with E-state index < -0.39 is 151 Å². The number of nitrogens with two attached hydrogens (primary N) is 1. The summed E-state index contributed by atoms with van der Waals surface area (Å²) < 4.78 is 10.8. The molecule has 1 aromatic rings. The minimum Gasteiger partial charge on any atom is -0.480 e. The lowest BCUT2D eigenvalue weighted by molar-refractivity contribution is -0.153. The van der Waals surface area contributed by atoms with Crippen LogP contribution in [0.4, 0.5) is 9.59 Å². The van der Waals surface area contributed by atoms with Gasteiger partial charge < -0.3 is 76.3 Å². The number of piperidine rings is 2. The average molecular weight is 1160 g/mol. The van der Waals surface area contributed by atoms with Crippen molar-refractivity contribution in [3.8, 4) is 0 Å². The molecule has 2 saturated heterocycles. The number of carbonyl (C=O) groups is 12. The van der Waals surface area contributed by atoms with E-state index in [2.05, 4.69) is 26.6 Å². The first-order valence-electron chi connectivity index (χ1n) is 28.0. The van der Waals surface area contributed by atoms with E-state index in [-0.39, 0.29) is 58.7 Å². The van der Waals surface area contributed by atoms with Gasteiger partial charge in [-0.2, -0.15) is 0 Å². The maximum Gasteiger partial charge on any atom is 0.408 e. The quantitative estimate of drug-likeness (QED) is 0.0609. The number of likely N-dealkylation sites (N-methyl/N-ethyl adjacent to an activating group) is 4. The number of likely N-dealkylation sites (tertiary alicyclic amines) is 2. The van der Waals surface area contributed by atoms with Crippen LogP contribution in [0.2, 0.25) is 0 Å². The van der Waals surface area contributed by atoms with E-state index in [1.54, 1.807) is 92.6 Å². The zero-order valence-corrected chi connectivity index (χ0v) is 49.4. The molecule has 0 aliphatic carbocycles. The van der Waals surface area contributed by atoms with Crippen LogP contribution in [0.25, 0.3) is 0 Å². The van der Waals surface area contributed by atoms with Crippen LogP contribution < -0.4 is 32.3 Å². The lowest BCUT2D eigenvalue weighted by Gasteiger charge is -2.37.